The summed E-state index contributed by atoms with van der Waals surface area (Å²) in [6.07, 6.45) is 9.09. The van der Waals surface area contributed by atoms with E-state index in [0.717, 1.165) is 17.7 Å². The molecular formula is C23H29ClFNO2. The van der Waals surface area contributed by atoms with Crippen LogP contribution >= 0.6 is 11.6 Å². The third-order valence-electron chi connectivity index (χ3n) is 5.35. The van der Waals surface area contributed by atoms with Gasteiger partial charge in [-0.3, -0.25) is 0 Å². The molecule has 0 bridgehead atoms. The molecule has 0 radical (unpaired) electrons. The molecule has 0 atom stereocenters. The maximum absolute atomic E-state index is 13.3. The van der Waals surface area contributed by atoms with Gasteiger partial charge in [0.25, 0.3) is 0 Å². The van der Waals surface area contributed by atoms with Crippen LogP contribution in [0.4, 0.5) is 4.39 Å². The average Bonchev–Trinajstić information content (AvgIpc) is 2.66. The molecule has 2 aromatic carbocycles. The fourth-order valence-corrected chi connectivity index (χ4v) is 3.95. The molecule has 1 aliphatic rings. The molecule has 1 fully saturated rings. The predicted molar refractivity (Wildman–Crippen MR) is 112 cm³/mol. The number of methoxy groups -OCH3 is 1. The van der Waals surface area contributed by atoms with E-state index >= 15 is 0 Å². The molecule has 1 saturated carbocycles. The first-order valence-corrected chi connectivity index (χ1v) is 10.5. The van der Waals surface area contributed by atoms with E-state index in [0.29, 0.717) is 22.6 Å². The van der Waals surface area contributed by atoms with Gasteiger partial charge in [-0.25, -0.2) is 4.39 Å². The quantitative estimate of drug-likeness (QED) is 0.588. The summed E-state index contributed by atoms with van der Waals surface area (Å²) in [5, 5.41) is 4.07. The zero-order valence-corrected chi connectivity index (χ0v) is 17.2. The van der Waals surface area contributed by atoms with Crippen LogP contribution in [0.1, 0.15) is 56.1 Å². The van der Waals surface area contributed by atoms with E-state index in [1.165, 1.54) is 57.1 Å². The van der Waals surface area contributed by atoms with Crippen molar-refractivity contribution >= 4 is 11.6 Å². The Morgan fingerprint density at radius 2 is 1.79 bits per heavy atom. The first-order chi connectivity index (χ1) is 13.7. The summed E-state index contributed by atoms with van der Waals surface area (Å²) < 4.78 is 24.9. The Morgan fingerprint density at radius 1 is 1.04 bits per heavy atom. The second-order valence-electron chi connectivity index (χ2n) is 7.40. The predicted octanol–water partition coefficient (Wildman–Crippen LogP) is 6.27. The van der Waals surface area contributed by atoms with E-state index < -0.39 is 0 Å². The first-order valence-electron chi connectivity index (χ1n) is 10.1. The molecule has 0 spiro atoms. The number of ether oxygens (including phenoxy) is 2. The van der Waals surface area contributed by atoms with Crippen LogP contribution in [0.3, 0.4) is 0 Å². The molecule has 2 aromatic rings. The van der Waals surface area contributed by atoms with Crippen molar-refractivity contribution in [1.82, 2.24) is 5.32 Å². The van der Waals surface area contributed by atoms with Crippen molar-refractivity contribution in [3.63, 3.8) is 0 Å². The van der Waals surface area contributed by atoms with Gasteiger partial charge in [0, 0.05) is 23.7 Å². The van der Waals surface area contributed by atoms with Gasteiger partial charge in [-0.1, -0.05) is 61.9 Å². The second kappa shape index (κ2) is 10.7. The lowest BCUT2D eigenvalue weighted by Crippen LogP contribution is -2.29. The summed E-state index contributed by atoms with van der Waals surface area (Å²) >= 11 is 6.14. The molecular weight excluding hydrogens is 377 g/mol. The lowest BCUT2D eigenvalue weighted by Gasteiger charge is -2.22. The molecule has 0 amide bonds. The minimum absolute atomic E-state index is 0.260. The van der Waals surface area contributed by atoms with Crippen molar-refractivity contribution in [2.75, 3.05) is 7.11 Å². The molecule has 0 aromatic heterocycles. The number of benzene rings is 2. The largest absolute Gasteiger partial charge is 0.493 e. The Morgan fingerprint density at radius 3 is 2.50 bits per heavy atom. The second-order valence-corrected chi connectivity index (χ2v) is 7.80. The molecule has 3 rings (SSSR count). The van der Waals surface area contributed by atoms with Crippen molar-refractivity contribution in [2.45, 2.75) is 64.1 Å². The number of hydrogen-bond acceptors (Lipinski definition) is 3. The van der Waals surface area contributed by atoms with E-state index in [1.807, 2.05) is 12.1 Å². The highest BCUT2D eigenvalue weighted by Gasteiger charge is 2.15. The lowest BCUT2D eigenvalue weighted by atomic mass is 9.96. The van der Waals surface area contributed by atoms with Crippen LogP contribution in [0.5, 0.6) is 11.5 Å². The van der Waals surface area contributed by atoms with Gasteiger partial charge in [0.2, 0.25) is 0 Å². The van der Waals surface area contributed by atoms with E-state index in [-0.39, 0.29) is 12.4 Å². The fraction of sp³-hybridized carbons (Fsp3) is 0.478. The van der Waals surface area contributed by atoms with Gasteiger partial charge in [0.1, 0.15) is 12.4 Å². The van der Waals surface area contributed by atoms with E-state index in [9.17, 15) is 4.39 Å². The molecule has 152 valence electrons. The minimum atomic E-state index is -0.352. The van der Waals surface area contributed by atoms with Crippen LogP contribution in [-0.2, 0) is 13.2 Å². The molecule has 28 heavy (non-hydrogen) atoms. The Bertz CT molecular complexity index is 760. The smallest absolute Gasteiger partial charge is 0.166 e. The average molecular weight is 406 g/mol. The van der Waals surface area contributed by atoms with Crippen molar-refractivity contribution in [3.05, 3.63) is 58.4 Å². The zero-order valence-electron chi connectivity index (χ0n) is 16.5. The topological polar surface area (TPSA) is 30.5 Å². The van der Waals surface area contributed by atoms with Gasteiger partial charge in [0.05, 0.1) is 12.1 Å². The molecule has 5 heteroatoms. The van der Waals surface area contributed by atoms with Gasteiger partial charge in [-0.05, 0) is 31.0 Å². The number of rotatable bonds is 7. The summed E-state index contributed by atoms with van der Waals surface area (Å²) in [6, 6.07) is 10.8. The summed E-state index contributed by atoms with van der Waals surface area (Å²) in [5.41, 5.74) is 1.80. The van der Waals surface area contributed by atoms with E-state index in [4.69, 9.17) is 21.1 Å². The van der Waals surface area contributed by atoms with Crippen molar-refractivity contribution in [3.8, 4) is 11.5 Å². The number of para-hydroxylation sites is 1. The van der Waals surface area contributed by atoms with Crippen LogP contribution in [0.25, 0.3) is 0 Å². The van der Waals surface area contributed by atoms with Crippen LogP contribution in [0.2, 0.25) is 5.02 Å². The SMILES string of the molecule is COc1cccc(CNC2CCCCCCC2)c1OCc1ccc(F)cc1Cl. The maximum atomic E-state index is 13.3. The van der Waals surface area contributed by atoms with E-state index in [1.54, 1.807) is 13.2 Å². The number of nitrogens with one attached hydrogen (secondary N) is 1. The van der Waals surface area contributed by atoms with E-state index in [2.05, 4.69) is 11.4 Å². The molecule has 0 aliphatic heterocycles. The molecule has 3 nitrogen and oxygen atoms in total. The van der Waals surface area contributed by atoms with Crippen LogP contribution in [-0.4, -0.2) is 13.2 Å². The third-order valence-corrected chi connectivity index (χ3v) is 5.71. The van der Waals surface area contributed by atoms with Gasteiger partial charge < -0.3 is 14.8 Å². The van der Waals surface area contributed by atoms with Gasteiger partial charge in [-0.15, -0.1) is 0 Å². The number of halogens is 2. The van der Waals surface area contributed by atoms with Gasteiger partial charge in [-0.2, -0.15) is 0 Å². The monoisotopic (exact) mass is 405 g/mol. The summed E-state index contributed by atoms with van der Waals surface area (Å²) in [5.74, 6) is 1.05. The van der Waals surface area contributed by atoms with Crippen molar-refractivity contribution < 1.29 is 13.9 Å². The van der Waals surface area contributed by atoms with Crippen LogP contribution in [0.15, 0.2) is 36.4 Å². The summed E-state index contributed by atoms with van der Waals surface area (Å²) in [6.45, 7) is 0.990. The summed E-state index contributed by atoms with van der Waals surface area (Å²) in [7, 11) is 1.64. The Labute approximate surface area is 172 Å². The standard InChI is InChI=1S/C23H29ClFNO2/c1-27-22-11-7-8-17(15-26-20-9-5-3-2-4-6-10-20)23(22)28-16-18-12-13-19(25)14-21(18)24/h7-8,11-14,20,26H,2-6,9-10,15-16H2,1H3. The highest BCUT2D eigenvalue weighted by atomic mass is 35.5. The van der Waals surface area contributed by atoms with Crippen LogP contribution < -0.4 is 14.8 Å². The minimum Gasteiger partial charge on any atom is -0.493 e. The normalized spacial score (nSPS) is 15.7. The lowest BCUT2D eigenvalue weighted by molar-refractivity contribution is 0.279. The molecule has 1 aliphatic carbocycles. The molecule has 0 heterocycles. The highest BCUT2D eigenvalue weighted by Crippen LogP contribution is 2.33. The Kier molecular flexibility index (Phi) is 7.99. The highest BCUT2D eigenvalue weighted by molar-refractivity contribution is 6.31. The first kappa shape index (κ1) is 20.9. The molecule has 0 saturated heterocycles. The van der Waals surface area contributed by atoms with Crippen molar-refractivity contribution in [1.29, 1.82) is 0 Å². The molecule has 1 N–H and O–H groups in total. The zero-order chi connectivity index (χ0) is 19.8. The van der Waals surface area contributed by atoms with Crippen LogP contribution in [0, 0.1) is 5.82 Å². The molecule has 0 unspecified atom stereocenters. The maximum Gasteiger partial charge on any atom is 0.166 e. The number of hydrogen-bond donors (Lipinski definition) is 1. The van der Waals surface area contributed by atoms with Crippen molar-refractivity contribution in [2.24, 2.45) is 0 Å². The Hall–Kier alpha value is -1.78. The van der Waals surface area contributed by atoms with Gasteiger partial charge >= 0.3 is 0 Å². The Balaban J connectivity index is 1.69. The third kappa shape index (κ3) is 5.86. The van der Waals surface area contributed by atoms with Gasteiger partial charge in [0.15, 0.2) is 11.5 Å². The summed E-state index contributed by atoms with van der Waals surface area (Å²) in [4.78, 5) is 0. The fourth-order valence-electron chi connectivity index (χ4n) is 3.73.